The monoisotopic (exact) mass is 305 g/mol. The molecular formula is C16H11N5O2. The fourth-order valence-corrected chi connectivity index (χ4v) is 2.22. The van der Waals surface area contributed by atoms with Crippen LogP contribution in [0, 0.1) is 11.3 Å². The maximum atomic E-state index is 10.9. The Morgan fingerprint density at radius 2 is 1.87 bits per heavy atom. The smallest absolute Gasteiger partial charge is 0.335 e. The Labute approximate surface area is 131 Å². The zero-order chi connectivity index (χ0) is 16.2. The van der Waals surface area contributed by atoms with Crippen molar-refractivity contribution in [1.29, 1.82) is 5.26 Å². The van der Waals surface area contributed by atoms with Crippen LogP contribution in [0.25, 0.3) is 11.3 Å². The lowest BCUT2D eigenvalue weighted by Crippen LogP contribution is -2.05. The van der Waals surface area contributed by atoms with Crippen molar-refractivity contribution < 1.29 is 9.90 Å². The van der Waals surface area contributed by atoms with Gasteiger partial charge >= 0.3 is 5.97 Å². The SMILES string of the molecule is N#Cc1nnn(Cc2ccc(C(=O)O)cc2)c1-c1ccncc1. The van der Waals surface area contributed by atoms with Gasteiger partial charge in [0.15, 0.2) is 5.69 Å². The molecule has 3 rings (SSSR count). The Hall–Kier alpha value is -3.53. The molecule has 0 aliphatic carbocycles. The fraction of sp³-hybridized carbons (Fsp3) is 0.0625. The molecule has 0 aliphatic rings. The summed E-state index contributed by atoms with van der Waals surface area (Å²) in [6.45, 7) is 0.381. The van der Waals surface area contributed by atoms with Gasteiger partial charge in [-0.2, -0.15) is 5.26 Å². The Bertz CT molecular complexity index is 879. The highest BCUT2D eigenvalue weighted by Gasteiger charge is 2.15. The molecule has 23 heavy (non-hydrogen) atoms. The van der Waals surface area contributed by atoms with Gasteiger partial charge in [0.1, 0.15) is 11.8 Å². The average molecular weight is 305 g/mol. The summed E-state index contributed by atoms with van der Waals surface area (Å²) < 4.78 is 1.61. The minimum Gasteiger partial charge on any atom is -0.478 e. The van der Waals surface area contributed by atoms with Crippen molar-refractivity contribution >= 4 is 5.97 Å². The molecule has 0 atom stereocenters. The highest BCUT2D eigenvalue weighted by atomic mass is 16.4. The molecule has 1 aromatic carbocycles. The second kappa shape index (κ2) is 6.07. The van der Waals surface area contributed by atoms with Crippen molar-refractivity contribution in [2.45, 2.75) is 6.54 Å². The number of rotatable bonds is 4. The first-order chi connectivity index (χ1) is 11.2. The molecule has 0 saturated carbocycles. The van der Waals surface area contributed by atoms with Crippen LogP contribution in [-0.2, 0) is 6.54 Å². The third-order valence-corrected chi connectivity index (χ3v) is 3.33. The summed E-state index contributed by atoms with van der Waals surface area (Å²) in [6.07, 6.45) is 3.27. The number of aromatic carboxylic acids is 1. The van der Waals surface area contributed by atoms with Gasteiger partial charge in [0.05, 0.1) is 12.1 Å². The standard InChI is InChI=1S/C16H11N5O2/c17-9-14-15(12-5-7-18-8-6-12)21(20-19-14)10-11-1-3-13(4-2-11)16(22)23/h1-8H,10H2,(H,22,23). The maximum Gasteiger partial charge on any atom is 0.335 e. The van der Waals surface area contributed by atoms with E-state index >= 15 is 0 Å². The molecule has 2 aromatic heterocycles. The first-order valence-electron chi connectivity index (χ1n) is 6.75. The van der Waals surface area contributed by atoms with Gasteiger partial charge in [0.2, 0.25) is 0 Å². The number of carbonyl (C=O) groups is 1. The van der Waals surface area contributed by atoms with E-state index in [1.54, 1.807) is 41.3 Å². The van der Waals surface area contributed by atoms with Gasteiger partial charge in [-0.25, -0.2) is 9.48 Å². The summed E-state index contributed by atoms with van der Waals surface area (Å²) in [5.74, 6) is -0.971. The van der Waals surface area contributed by atoms with Crippen LogP contribution in [0.5, 0.6) is 0 Å². The number of nitrogens with zero attached hydrogens (tertiary/aromatic N) is 5. The van der Waals surface area contributed by atoms with Crippen LogP contribution in [0.3, 0.4) is 0 Å². The quantitative estimate of drug-likeness (QED) is 0.790. The van der Waals surface area contributed by atoms with E-state index in [2.05, 4.69) is 15.3 Å². The molecule has 0 aliphatic heterocycles. The van der Waals surface area contributed by atoms with E-state index in [1.165, 1.54) is 12.1 Å². The molecule has 0 bridgehead atoms. The molecule has 0 unspecified atom stereocenters. The zero-order valence-corrected chi connectivity index (χ0v) is 11.9. The number of carboxylic acids is 1. The Morgan fingerprint density at radius 3 is 2.48 bits per heavy atom. The minimum atomic E-state index is -0.971. The lowest BCUT2D eigenvalue weighted by molar-refractivity contribution is 0.0697. The number of benzene rings is 1. The molecule has 0 radical (unpaired) electrons. The normalized spacial score (nSPS) is 10.2. The first-order valence-corrected chi connectivity index (χ1v) is 6.75. The van der Waals surface area contributed by atoms with Crippen LogP contribution >= 0.6 is 0 Å². The first kappa shape index (κ1) is 14.4. The van der Waals surface area contributed by atoms with Crippen molar-refractivity contribution in [3.8, 4) is 17.3 Å². The highest BCUT2D eigenvalue weighted by Crippen LogP contribution is 2.22. The van der Waals surface area contributed by atoms with Gasteiger partial charge in [-0.3, -0.25) is 4.98 Å². The topological polar surface area (TPSA) is 105 Å². The summed E-state index contributed by atoms with van der Waals surface area (Å²) in [6, 6.07) is 12.1. The lowest BCUT2D eigenvalue weighted by atomic mass is 10.1. The van der Waals surface area contributed by atoms with Crippen LogP contribution in [0.2, 0.25) is 0 Å². The van der Waals surface area contributed by atoms with Gasteiger partial charge in [0, 0.05) is 18.0 Å². The summed E-state index contributed by atoms with van der Waals surface area (Å²) in [4.78, 5) is 14.8. The molecule has 2 heterocycles. The Kier molecular flexibility index (Phi) is 3.80. The molecule has 112 valence electrons. The Morgan fingerprint density at radius 1 is 1.17 bits per heavy atom. The van der Waals surface area contributed by atoms with Crippen LogP contribution < -0.4 is 0 Å². The number of hydrogen-bond donors (Lipinski definition) is 1. The second-order valence-corrected chi connectivity index (χ2v) is 4.79. The minimum absolute atomic E-state index is 0.222. The number of carboxylic acid groups (broad SMARTS) is 1. The van der Waals surface area contributed by atoms with Gasteiger partial charge in [-0.1, -0.05) is 17.3 Å². The largest absolute Gasteiger partial charge is 0.478 e. The predicted molar refractivity (Wildman–Crippen MR) is 80.5 cm³/mol. The number of hydrogen-bond acceptors (Lipinski definition) is 5. The van der Waals surface area contributed by atoms with E-state index in [-0.39, 0.29) is 11.3 Å². The molecule has 0 saturated heterocycles. The third-order valence-electron chi connectivity index (χ3n) is 3.33. The number of aromatic nitrogens is 4. The van der Waals surface area contributed by atoms with Crippen molar-refractivity contribution in [3.05, 3.63) is 65.6 Å². The van der Waals surface area contributed by atoms with Gasteiger partial charge < -0.3 is 5.11 Å². The van der Waals surface area contributed by atoms with Crippen molar-refractivity contribution in [2.75, 3.05) is 0 Å². The van der Waals surface area contributed by atoms with Gasteiger partial charge in [-0.15, -0.1) is 5.10 Å². The van der Waals surface area contributed by atoms with E-state index in [4.69, 9.17) is 5.11 Å². The van der Waals surface area contributed by atoms with Crippen molar-refractivity contribution in [3.63, 3.8) is 0 Å². The number of nitriles is 1. The van der Waals surface area contributed by atoms with Gasteiger partial charge in [0.25, 0.3) is 0 Å². The molecule has 0 fully saturated rings. The average Bonchev–Trinajstić information content (AvgIpc) is 2.99. The Balaban J connectivity index is 1.96. The second-order valence-electron chi connectivity index (χ2n) is 4.79. The van der Waals surface area contributed by atoms with Crippen LogP contribution in [-0.4, -0.2) is 31.1 Å². The number of pyridine rings is 1. The van der Waals surface area contributed by atoms with Crippen molar-refractivity contribution in [2.24, 2.45) is 0 Å². The van der Waals surface area contributed by atoms with E-state index in [0.717, 1.165) is 11.1 Å². The van der Waals surface area contributed by atoms with Crippen LogP contribution in [0.15, 0.2) is 48.8 Å². The van der Waals surface area contributed by atoms with E-state index in [9.17, 15) is 10.1 Å². The molecule has 0 amide bonds. The van der Waals surface area contributed by atoms with E-state index < -0.39 is 5.97 Å². The molecule has 7 nitrogen and oxygen atoms in total. The van der Waals surface area contributed by atoms with Crippen LogP contribution in [0.1, 0.15) is 21.6 Å². The summed E-state index contributed by atoms with van der Waals surface area (Å²) >= 11 is 0. The summed E-state index contributed by atoms with van der Waals surface area (Å²) in [5, 5.41) is 26.0. The van der Waals surface area contributed by atoms with Crippen molar-refractivity contribution in [1.82, 2.24) is 20.0 Å². The molecular weight excluding hydrogens is 294 g/mol. The highest BCUT2D eigenvalue weighted by molar-refractivity contribution is 5.87. The lowest BCUT2D eigenvalue weighted by Gasteiger charge is -2.07. The molecule has 7 heteroatoms. The van der Waals surface area contributed by atoms with E-state index in [1.807, 2.05) is 6.07 Å². The summed E-state index contributed by atoms with van der Waals surface area (Å²) in [7, 11) is 0. The predicted octanol–water partition coefficient (Wildman–Crippen LogP) is 1.96. The molecule has 1 N–H and O–H groups in total. The van der Waals surface area contributed by atoms with E-state index in [0.29, 0.717) is 12.2 Å². The molecule has 0 spiro atoms. The van der Waals surface area contributed by atoms with Crippen LogP contribution in [0.4, 0.5) is 0 Å². The third kappa shape index (κ3) is 2.91. The zero-order valence-electron chi connectivity index (χ0n) is 11.9. The maximum absolute atomic E-state index is 10.9. The molecule has 3 aromatic rings. The van der Waals surface area contributed by atoms with Gasteiger partial charge in [-0.05, 0) is 29.8 Å². The fourth-order valence-electron chi connectivity index (χ4n) is 2.22. The summed E-state index contributed by atoms with van der Waals surface area (Å²) in [5.41, 5.74) is 2.72.